The van der Waals surface area contributed by atoms with E-state index >= 15 is 0 Å². The lowest BCUT2D eigenvalue weighted by Crippen LogP contribution is -2.49. The summed E-state index contributed by atoms with van der Waals surface area (Å²) in [5, 5.41) is 2.77. The van der Waals surface area contributed by atoms with Crippen molar-refractivity contribution in [3.8, 4) is 5.75 Å². The minimum absolute atomic E-state index is 0.0609. The average Bonchev–Trinajstić information content (AvgIpc) is 3.00. The number of likely N-dealkylation sites (tertiary alicyclic amines) is 1. The predicted octanol–water partition coefficient (Wildman–Crippen LogP) is 6.66. The molecule has 1 fully saturated rings. The smallest absolute Gasteiger partial charge is 0.416 e. The zero-order chi connectivity index (χ0) is 31.5. The average molecular weight is 620 g/mol. The van der Waals surface area contributed by atoms with Crippen LogP contribution in [0.2, 0.25) is 0 Å². The van der Waals surface area contributed by atoms with Crippen LogP contribution >= 0.6 is 0 Å². The Morgan fingerprint density at radius 3 is 2.14 bits per heavy atom. The van der Waals surface area contributed by atoms with Gasteiger partial charge in [-0.2, -0.15) is 26.3 Å². The summed E-state index contributed by atoms with van der Waals surface area (Å²) in [6, 6.07) is 17.3. The van der Waals surface area contributed by atoms with E-state index in [9.17, 15) is 31.1 Å². The maximum Gasteiger partial charge on any atom is 0.416 e. The Bertz CT molecular complexity index is 1420. The van der Waals surface area contributed by atoms with E-state index in [1.54, 1.807) is 7.11 Å². The fourth-order valence-electron chi connectivity index (χ4n) is 6.35. The largest absolute Gasteiger partial charge is 0.496 e. The van der Waals surface area contributed by atoms with Crippen molar-refractivity contribution in [2.24, 2.45) is 0 Å². The Labute approximate surface area is 252 Å². The predicted molar refractivity (Wildman–Crippen MR) is 154 cm³/mol. The molecule has 0 bridgehead atoms. The maximum atomic E-state index is 13.3. The van der Waals surface area contributed by atoms with Crippen molar-refractivity contribution in [1.82, 2.24) is 15.1 Å². The second-order valence-electron chi connectivity index (χ2n) is 11.4. The Hall–Kier alpha value is -3.57. The highest BCUT2D eigenvalue weighted by atomic mass is 19.4. The number of methoxy groups -OCH3 is 1. The quantitative estimate of drug-likeness (QED) is 0.287. The summed E-state index contributed by atoms with van der Waals surface area (Å²) in [5.74, 6) is -0.0339. The van der Waals surface area contributed by atoms with Gasteiger partial charge in [0.25, 0.3) is 0 Å². The van der Waals surface area contributed by atoms with E-state index in [1.807, 2.05) is 24.3 Å². The van der Waals surface area contributed by atoms with Crippen molar-refractivity contribution in [2.45, 2.75) is 56.7 Å². The first-order valence-corrected chi connectivity index (χ1v) is 14.6. The highest BCUT2D eigenvalue weighted by Gasteiger charge is 2.37. The maximum absolute atomic E-state index is 13.3. The van der Waals surface area contributed by atoms with Gasteiger partial charge in [0.1, 0.15) is 5.75 Å². The topological polar surface area (TPSA) is 44.8 Å². The second-order valence-corrected chi connectivity index (χ2v) is 11.4. The number of para-hydroxylation sites is 1. The van der Waals surface area contributed by atoms with Crippen LogP contribution in [0.3, 0.4) is 0 Å². The van der Waals surface area contributed by atoms with Crippen LogP contribution in [-0.2, 0) is 36.5 Å². The monoisotopic (exact) mass is 619 g/mol. The molecule has 1 unspecified atom stereocenters. The molecule has 5 nitrogen and oxygen atoms in total. The normalized spacial score (nSPS) is 17.6. The van der Waals surface area contributed by atoms with Gasteiger partial charge in [0.15, 0.2) is 0 Å². The van der Waals surface area contributed by atoms with Gasteiger partial charge in [-0.3, -0.25) is 14.6 Å². The van der Waals surface area contributed by atoms with E-state index in [4.69, 9.17) is 4.74 Å². The first-order chi connectivity index (χ1) is 20.9. The first kappa shape index (κ1) is 31.8. The van der Waals surface area contributed by atoms with Crippen LogP contribution in [0, 0.1) is 0 Å². The van der Waals surface area contributed by atoms with Crippen LogP contribution in [0.15, 0.2) is 66.7 Å². The Kier molecular flexibility index (Phi) is 9.55. The molecule has 2 heterocycles. The molecule has 0 radical (unpaired) electrons. The minimum atomic E-state index is -4.98. The molecule has 1 amide bonds. The molecular weight excluding hydrogens is 584 g/mol. The summed E-state index contributed by atoms with van der Waals surface area (Å²) < 4.78 is 85.5. The summed E-state index contributed by atoms with van der Waals surface area (Å²) in [6.45, 7) is 3.54. The molecule has 0 aromatic heterocycles. The van der Waals surface area contributed by atoms with Gasteiger partial charge in [0.2, 0.25) is 5.91 Å². The summed E-state index contributed by atoms with van der Waals surface area (Å²) >= 11 is 0. The van der Waals surface area contributed by atoms with E-state index in [2.05, 4.69) is 39.4 Å². The van der Waals surface area contributed by atoms with Gasteiger partial charge in [-0.25, -0.2) is 0 Å². The van der Waals surface area contributed by atoms with Gasteiger partial charge in [0.05, 0.1) is 30.7 Å². The lowest BCUT2D eigenvalue weighted by molar-refractivity contribution is -0.143. The number of nitrogens with one attached hydrogen (secondary N) is 1. The number of piperidine rings is 1. The molecule has 0 aliphatic carbocycles. The van der Waals surface area contributed by atoms with Crippen molar-refractivity contribution in [3.05, 3.63) is 100 Å². The highest BCUT2D eigenvalue weighted by Crippen LogP contribution is 2.37. The lowest BCUT2D eigenvalue weighted by Gasteiger charge is -2.43. The van der Waals surface area contributed by atoms with E-state index in [-0.39, 0.29) is 24.2 Å². The van der Waals surface area contributed by atoms with E-state index < -0.39 is 35.8 Å². The number of alkyl halides is 6. The molecular formula is C33H35F6N3O2. The van der Waals surface area contributed by atoms with Crippen molar-refractivity contribution >= 4 is 5.91 Å². The number of nitrogens with zero attached hydrogens (tertiary/aromatic N) is 2. The lowest BCUT2D eigenvalue weighted by atomic mass is 9.94. The van der Waals surface area contributed by atoms with Crippen LogP contribution in [0.4, 0.5) is 26.3 Å². The molecule has 44 heavy (non-hydrogen) atoms. The molecule has 0 spiro atoms. The zero-order valence-corrected chi connectivity index (χ0v) is 24.3. The SMILES string of the molecule is COc1ccccc1C(CNC(=O)Cc1cc(C(F)(F)F)cc(C(F)(F)F)c1)N1CCC(N2CCc3ccccc3C2)CC1. The summed E-state index contributed by atoms with van der Waals surface area (Å²) in [7, 11) is 1.56. The number of rotatable bonds is 8. The third-order valence-corrected chi connectivity index (χ3v) is 8.62. The molecule has 2 aliphatic rings. The number of fused-ring (bicyclic) bond motifs is 1. The fraction of sp³-hybridized carbons (Fsp3) is 0.424. The number of carbonyl (C=O) groups excluding carboxylic acids is 1. The van der Waals surface area contributed by atoms with Crippen molar-refractivity contribution in [1.29, 1.82) is 0 Å². The number of amides is 1. The molecule has 1 atom stereocenters. The van der Waals surface area contributed by atoms with Crippen LogP contribution in [-0.4, -0.2) is 55.0 Å². The molecule has 1 saturated heterocycles. The summed E-state index contributed by atoms with van der Waals surface area (Å²) in [5.41, 5.74) is 0.359. The van der Waals surface area contributed by atoms with Crippen molar-refractivity contribution < 1.29 is 35.9 Å². The van der Waals surface area contributed by atoms with Crippen LogP contribution in [0.25, 0.3) is 0 Å². The van der Waals surface area contributed by atoms with Crippen LogP contribution < -0.4 is 10.1 Å². The number of hydrogen-bond donors (Lipinski definition) is 1. The van der Waals surface area contributed by atoms with Gasteiger partial charge in [0, 0.05) is 44.3 Å². The zero-order valence-electron chi connectivity index (χ0n) is 24.3. The molecule has 11 heteroatoms. The first-order valence-electron chi connectivity index (χ1n) is 14.6. The minimum Gasteiger partial charge on any atom is -0.496 e. The molecule has 3 aromatic rings. The molecule has 236 valence electrons. The summed E-state index contributed by atoms with van der Waals surface area (Å²) in [4.78, 5) is 17.7. The number of halogens is 6. The Balaban J connectivity index is 1.28. The number of ether oxygens (including phenoxy) is 1. The van der Waals surface area contributed by atoms with Crippen LogP contribution in [0.5, 0.6) is 5.75 Å². The van der Waals surface area contributed by atoms with E-state index in [0.29, 0.717) is 23.9 Å². The van der Waals surface area contributed by atoms with E-state index in [1.165, 1.54) is 11.1 Å². The molecule has 3 aromatic carbocycles. The number of carbonyl (C=O) groups is 1. The van der Waals surface area contributed by atoms with Gasteiger partial charge in [-0.05, 0) is 60.2 Å². The molecule has 5 rings (SSSR count). The second kappa shape index (κ2) is 13.2. The third-order valence-electron chi connectivity index (χ3n) is 8.62. The van der Waals surface area contributed by atoms with Crippen molar-refractivity contribution in [3.63, 3.8) is 0 Å². The molecule has 0 saturated carbocycles. The fourth-order valence-corrected chi connectivity index (χ4v) is 6.35. The van der Waals surface area contributed by atoms with Gasteiger partial charge in [-0.1, -0.05) is 42.5 Å². The number of benzene rings is 3. The van der Waals surface area contributed by atoms with Crippen molar-refractivity contribution in [2.75, 3.05) is 33.3 Å². The Morgan fingerprint density at radius 1 is 0.886 bits per heavy atom. The molecule has 1 N–H and O–H groups in total. The molecule has 2 aliphatic heterocycles. The number of hydrogen-bond acceptors (Lipinski definition) is 4. The van der Waals surface area contributed by atoms with Crippen LogP contribution in [0.1, 0.15) is 52.3 Å². The summed E-state index contributed by atoms with van der Waals surface area (Å²) in [6.07, 6.45) is -7.72. The standard InChI is InChI=1S/C33H35F6N3O2/c1-44-30-9-5-4-8-28(30)29(41-14-11-27(12-15-41)42-13-10-23-6-2-3-7-24(23)21-42)20-40-31(43)18-22-16-25(32(34,35)36)19-26(17-22)33(37,38)39/h2-9,16-17,19,27,29H,10-15,18,20-21H2,1H3,(H,40,43). The highest BCUT2D eigenvalue weighted by molar-refractivity contribution is 5.78. The van der Waals surface area contributed by atoms with E-state index in [0.717, 1.165) is 51.0 Å². The van der Waals surface area contributed by atoms with Gasteiger partial charge in [-0.15, -0.1) is 0 Å². The Morgan fingerprint density at radius 2 is 1.50 bits per heavy atom. The van der Waals surface area contributed by atoms with Gasteiger partial charge < -0.3 is 10.1 Å². The third kappa shape index (κ3) is 7.55. The van der Waals surface area contributed by atoms with Gasteiger partial charge >= 0.3 is 12.4 Å².